The van der Waals surface area contributed by atoms with Gasteiger partial charge in [-0.2, -0.15) is 0 Å². The number of carbonyl (C=O) groups is 1. The maximum atomic E-state index is 11.8. The predicted octanol–water partition coefficient (Wildman–Crippen LogP) is 2.16. The van der Waals surface area contributed by atoms with E-state index in [0.29, 0.717) is 23.8 Å². The van der Waals surface area contributed by atoms with E-state index in [-0.39, 0.29) is 5.97 Å². The van der Waals surface area contributed by atoms with Crippen LogP contribution in [0.4, 0.5) is 5.69 Å². The molecule has 1 aromatic rings. The van der Waals surface area contributed by atoms with Crippen molar-refractivity contribution in [1.29, 1.82) is 0 Å². The molecule has 0 amide bonds. The molecule has 0 atom stereocenters. The molecule has 1 heterocycles. The van der Waals surface area contributed by atoms with Crippen molar-refractivity contribution in [2.75, 3.05) is 25.6 Å². The van der Waals surface area contributed by atoms with Crippen LogP contribution >= 0.6 is 0 Å². The summed E-state index contributed by atoms with van der Waals surface area (Å²) in [4.78, 5) is 11.8. The number of carbonyl (C=O) groups excluding carboxylic acids is 1. The zero-order valence-corrected chi connectivity index (χ0v) is 10.6. The van der Waals surface area contributed by atoms with Gasteiger partial charge in [-0.05, 0) is 43.4 Å². The molecule has 4 nitrogen and oxygen atoms in total. The van der Waals surface area contributed by atoms with Gasteiger partial charge in [0.2, 0.25) is 0 Å². The van der Waals surface area contributed by atoms with Crippen molar-refractivity contribution < 1.29 is 14.3 Å². The van der Waals surface area contributed by atoms with E-state index in [1.54, 1.807) is 12.1 Å². The number of hydrogen-bond donors (Lipinski definition) is 1. The molecule has 0 bridgehead atoms. The first-order valence-electron chi connectivity index (χ1n) is 6.28. The Morgan fingerprint density at radius 1 is 1.44 bits per heavy atom. The summed E-state index contributed by atoms with van der Waals surface area (Å²) in [6.07, 6.45) is 1.92. The van der Waals surface area contributed by atoms with E-state index in [0.717, 1.165) is 31.6 Å². The fourth-order valence-corrected chi connectivity index (χ4v) is 1.96. The molecule has 1 aliphatic rings. The van der Waals surface area contributed by atoms with Gasteiger partial charge >= 0.3 is 5.97 Å². The highest BCUT2D eigenvalue weighted by Gasteiger charge is 2.16. The summed E-state index contributed by atoms with van der Waals surface area (Å²) < 4.78 is 10.6. The quantitative estimate of drug-likeness (QED) is 0.658. The van der Waals surface area contributed by atoms with E-state index in [1.165, 1.54) is 0 Å². The monoisotopic (exact) mass is 249 g/mol. The Bertz CT molecular complexity index is 425. The Balaban J connectivity index is 1.88. The van der Waals surface area contributed by atoms with Crippen molar-refractivity contribution in [1.82, 2.24) is 0 Å². The number of ether oxygens (including phenoxy) is 2. The molecule has 0 saturated carbocycles. The topological polar surface area (TPSA) is 61.5 Å². The SMILES string of the molecule is Cc1ccc(C(=O)OCC2CCOCC2)cc1N. The van der Waals surface area contributed by atoms with E-state index in [4.69, 9.17) is 15.2 Å². The highest BCUT2D eigenvalue weighted by molar-refractivity contribution is 5.90. The number of esters is 1. The van der Waals surface area contributed by atoms with Crippen LogP contribution in [-0.2, 0) is 9.47 Å². The van der Waals surface area contributed by atoms with E-state index in [2.05, 4.69) is 0 Å². The van der Waals surface area contributed by atoms with Crippen LogP contribution < -0.4 is 5.73 Å². The Labute approximate surface area is 107 Å². The number of aryl methyl sites for hydroxylation is 1. The molecule has 0 aromatic heterocycles. The largest absolute Gasteiger partial charge is 0.462 e. The highest BCUT2D eigenvalue weighted by Crippen LogP contribution is 2.17. The van der Waals surface area contributed by atoms with Gasteiger partial charge in [0.25, 0.3) is 0 Å². The molecular weight excluding hydrogens is 230 g/mol. The fraction of sp³-hybridized carbons (Fsp3) is 0.500. The zero-order valence-electron chi connectivity index (χ0n) is 10.6. The van der Waals surface area contributed by atoms with Crippen LogP contribution in [0.3, 0.4) is 0 Å². The van der Waals surface area contributed by atoms with Crippen LogP contribution in [0.2, 0.25) is 0 Å². The van der Waals surface area contributed by atoms with Gasteiger partial charge in [0.1, 0.15) is 0 Å². The Kier molecular flexibility index (Phi) is 4.20. The van der Waals surface area contributed by atoms with Crippen LogP contribution in [0.25, 0.3) is 0 Å². The summed E-state index contributed by atoms with van der Waals surface area (Å²) in [6, 6.07) is 5.25. The maximum absolute atomic E-state index is 11.8. The van der Waals surface area contributed by atoms with Crippen molar-refractivity contribution in [3.8, 4) is 0 Å². The molecule has 2 N–H and O–H groups in total. The van der Waals surface area contributed by atoms with Crippen LogP contribution in [-0.4, -0.2) is 25.8 Å². The van der Waals surface area contributed by atoms with Gasteiger partial charge in [-0.15, -0.1) is 0 Å². The van der Waals surface area contributed by atoms with Crippen molar-refractivity contribution in [2.45, 2.75) is 19.8 Å². The molecular formula is C14H19NO3. The molecule has 0 aliphatic carbocycles. The van der Waals surface area contributed by atoms with Gasteiger partial charge in [-0.3, -0.25) is 0 Å². The summed E-state index contributed by atoms with van der Waals surface area (Å²) in [5.41, 5.74) is 7.88. The molecule has 1 saturated heterocycles. The van der Waals surface area contributed by atoms with Crippen LogP contribution in [0.15, 0.2) is 18.2 Å². The molecule has 1 fully saturated rings. The molecule has 0 unspecified atom stereocenters. The summed E-state index contributed by atoms with van der Waals surface area (Å²) in [5.74, 6) is 0.124. The van der Waals surface area contributed by atoms with Gasteiger partial charge in [0.05, 0.1) is 12.2 Å². The van der Waals surface area contributed by atoms with Gasteiger partial charge < -0.3 is 15.2 Å². The Morgan fingerprint density at radius 3 is 2.83 bits per heavy atom. The minimum Gasteiger partial charge on any atom is -0.462 e. The predicted molar refractivity (Wildman–Crippen MR) is 69.4 cm³/mol. The first kappa shape index (κ1) is 12.9. The minimum atomic E-state index is -0.298. The lowest BCUT2D eigenvalue weighted by Gasteiger charge is -2.21. The number of rotatable bonds is 3. The number of anilines is 1. The van der Waals surface area contributed by atoms with Gasteiger partial charge in [0.15, 0.2) is 0 Å². The lowest BCUT2D eigenvalue weighted by atomic mass is 10.0. The van der Waals surface area contributed by atoms with Crippen LogP contribution in [0.5, 0.6) is 0 Å². The molecule has 1 aromatic carbocycles. The van der Waals surface area contributed by atoms with Gasteiger partial charge in [-0.25, -0.2) is 4.79 Å². The number of hydrogen-bond acceptors (Lipinski definition) is 4. The van der Waals surface area contributed by atoms with E-state index in [1.807, 2.05) is 13.0 Å². The fourth-order valence-electron chi connectivity index (χ4n) is 1.96. The van der Waals surface area contributed by atoms with Gasteiger partial charge in [0, 0.05) is 18.9 Å². The molecule has 0 spiro atoms. The second-order valence-electron chi connectivity index (χ2n) is 4.73. The average molecular weight is 249 g/mol. The molecule has 2 rings (SSSR count). The lowest BCUT2D eigenvalue weighted by Crippen LogP contribution is -2.22. The van der Waals surface area contributed by atoms with Crippen LogP contribution in [0.1, 0.15) is 28.8 Å². The molecule has 98 valence electrons. The smallest absolute Gasteiger partial charge is 0.338 e. The minimum absolute atomic E-state index is 0.298. The van der Waals surface area contributed by atoms with Crippen molar-refractivity contribution >= 4 is 11.7 Å². The van der Waals surface area contributed by atoms with E-state index in [9.17, 15) is 4.79 Å². The normalized spacial score (nSPS) is 16.5. The zero-order chi connectivity index (χ0) is 13.0. The number of nitrogens with two attached hydrogens (primary N) is 1. The average Bonchev–Trinajstić information content (AvgIpc) is 2.40. The molecule has 18 heavy (non-hydrogen) atoms. The first-order valence-corrected chi connectivity index (χ1v) is 6.28. The summed E-state index contributed by atoms with van der Waals surface area (Å²) in [6.45, 7) is 3.90. The standard InChI is InChI=1S/C14H19NO3/c1-10-2-3-12(8-13(10)15)14(16)18-9-11-4-6-17-7-5-11/h2-3,8,11H,4-7,9,15H2,1H3. The molecule has 4 heteroatoms. The first-order chi connectivity index (χ1) is 8.66. The third kappa shape index (κ3) is 3.23. The Morgan fingerprint density at radius 2 is 2.17 bits per heavy atom. The molecule has 1 aliphatic heterocycles. The van der Waals surface area contributed by atoms with Gasteiger partial charge in [-0.1, -0.05) is 6.07 Å². The summed E-state index contributed by atoms with van der Waals surface area (Å²) in [7, 11) is 0. The van der Waals surface area contributed by atoms with Crippen molar-refractivity contribution in [2.24, 2.45) is 5.92 Å². The second-order valence-corrected chi connectivity index (χ2v) is 4.73. The van der Waals surface area contributed by atoms with Crippen LogP contribution in [0, 0.1) is 12.8 Å². The number of nitrogen functional groups attached to an aromatic ring is 1. The Hall–Kier alpha value is -1.55. The van der Waals surface area contributed by atoms with E-state index < -0.39 is 0 Å². The number of benzene rings is 1. The second kappa shape index (κ2) is 5.87. The summed E-state index contributed by atoms with van der Waals surface area (Å²) >= 11 is 0. The summed E-state index contributed by atoms with van der Waals surface area (Å²) in [5, 5.41) is 0. The highest BCUT2D eigenvalue weighted by atomic mass is 16.5. The third-order valence-corrected chi connectivity index (χ3v) is 3.31. The molecule has 0 radical (unpaired) electrons. The van der Waals surface area contributed by atoms with Crippen molar-refractivity contribution in [3.63, 3.8) is 0 Å². The van der Waals surface area contributed by atoms with E-state index >= 15 is 0 Å². The van der Waals surface area contributed by atoms with Crippen molar-refractivity contribution in [3.05, 3.63) is 29.3 Å². The maximum Gasteiger partial charge on any atom is 0.338 e. The third-order valence-electron chi connectivity index (χ3n) is 3.31. The lowest BCUT2D eigenvalue weighted by molar-refractivity contribution is 0.0185.